The number of hydrogen-bond donors (Lipinski definition) is 1. The highest BCUT2D eigenvalue weighted by molar-refractivity contribution is 5.86. The number of aromatic carboxylic acids is 1. The van der Waals surface area contributed by atoms with Gasteiger partial charge in [-0.2, -0.15) is 23.0 Å². The molecule has 0 spiro atoms. The van der Waals surface area contributed by atoms with Crippen molar-refractivity contribution in [2.45, 2.75) is 38.7 Å². The van der Waals surface area contributed by atoms with Gasteiger partial charge in [-0.3, -0.25) is 0 Å². The van der Waals surface area contributed by atoms with Crippen LogP contribution in [-0.4, -0.2) is 51.0 Å². The van der Waals surface area contributed by atoms with Crippen molar-refractivity contribution in [1.29, 1.82) is 0 Å². The molecule has 4 rings (SSSR count). The molecular weight excluding hydrogens is 415 g/mol. The predicted octanol–water partition coefficient (Wildman–Crippen LogP) is 3.80. The number of halogens is 3. The molecule has 2 heterocycles. The number of ether oxygens (including phenoxy) is 1. The van der Waals surface area contributed by atoms with E-state index in [9.17, 15) is 22.8 Å². The standard InChI is InChI=1S/C21H22F3N3O4/c1-12-6-13(2-3-17(12)21(22,23)24)11-31-16-7-14-9-26(10-15(14)8-16)20(30)27-5-4-18(25-27)19(28)29/h2-6,14-16H,7-11H2,1H3,(H,28,29)/t14-,15?,16+/m1/s1. The topological polar surface area (TPSA) is 84.7 Å². The molecule has 1 aliphatic carbocycles. The average molecular weight is 437 g/mol. The predicted molar refractivity (Wildman–Crippen MR) is 103 cm³/mol. The first kappa shape index (κ1) is 21.4. The normalized spacial score (nSPS) is 23.2. The maximum Gasteiger partial charge on any atom is 0.416 e. The fourth-order valence-electron chi connectivity index (χ4n) is 4.57. The van der Waals surface area contributed by atoms with Crippen molar-refractivity contribution >= 4 is 12.0 Å². The van der Waals surface area contributed by atoms with Crippen LogP contribution in [-0.2, 0) is 17.5 Å². The number of carboxylic acids is 1. The van der Waals surface area contributed by atoms with Crippen LogP contribution in [0.2, 0.25) is 0 Å². The second-order valence-electron chi connectivity index (χ2n) is 8.21. The van der Waals surface area contributed by atoms with Crippen LogP contribution < -0.4 is 0 Å². The Hall–Kier alpha value is -2.88. The third kappa shape index (κ3) is 4.43. The third-order valence-corrected chi connectivity index (χ3v) is 6.06. The van der Waals surface area contributed by atoms with Gasteiger partial charge in [-0.1, -0.05) is 12.1 Å². The van der Waals surface area contributed by atoms with Gasteiger partial charge in [0.05, 0.1) is 18.3 Å². The van der Waals surface area contributed by atoms with Gasteiger partial charge in [0.15, 0.2) is 5.69 Å². The van der Waals surface area contributed by atoms with Crippen LogP contribution >= 0.6 is 0 Å². The lowest BCUT2D eigenvalue weighted by atomic mass is 10.0. The van der Waals surface area contributed by atoms with Crippen molar-refractivity contribution in [3.05, 3.63) is 52.8 Å². The molecule has 1 N–H and O–H groups in total. The van der Waals surface area contributed by atoms with E-state index in [2.05, 4.69) is 5.10 Å². The monoisotopic (exact) mass is 437 g/mol. The van der Waals surface area contributed by atoms with Crippen molar-refractivity contribution in [2.75, 3.05) is 13.1 Å². The molecule has 0 radical (unpaired) electrons. The van der Waals surface area contributed by atoms with E-state index in [0.29, 0.717) is 18.7 Å². The highest BCUT2D eigenvalue weighted by atomic mass is 19.4. The molecule has 31 heavy (non-hydrogen) atoms. The molecule has 3 atom stereocenters. The van der Waals surface area contributed by atoms with Crippen LogP contribution in [0.5, 0.6) is 0 Å². The zero-order valence-corrected chi connectivity index (χ0v) is 16.8. The number of benzene rings is 1. The van der Waals surface area contributed by atoms with E-state index < -0.39 is 17.7 Å². The molecule has 1 saturated heterocycles. The number of carboxylic acid groups (broad SMARTS) is 1. The van der Waals surface area contributed by atoms with Gasteiger partial charge in [0.2, 0.25) is 0 Å². The van der Waals surface area contributed by atoms with E-state index in [1.165, 1.54) is 31.3 Å². The maximum absolute atomic E-state index is 12.9. The summed E-state index contributed by atoms with van der Waals surface area (Å²) >= 11 is 0. The Kier molecular flexibility index (Phi) is 5.50. The van der Waals surface area contributed by atoms with Crippen LogP contribution in [0.15, 0.2) is 30.5 Å². The molecule has 1 aliphatic heterocycles. The number of aromatic nitrogens is 2. The first-order chi connectivity index (χ1) is 14.6. The van der Waals surface area contributed by atoms with E-state index >= 15 is 0 Å². The number of likely N-dealkylation sites (tertiary alicyclic amines) is 1. The summed E-state index contributed by atoms with van der Waals surface area (Å²) in [6.07, 6.45) is -1.47. The summed E-state index contributed by atoms with van der Waals surface area (Å²) in [6, 6.07) is 4.98. The molecule has 2 aromatic rings. The number of rotatable bonds is 4. The Morgan fingerprint density at radius 1 is 1.19 bits per heavy atom. The molecule has 1 aromatic heterocycles. The fraction of sp³-hybridized carbons (Fsp3) is 0.476. The van der Waals surface area contributed by atoms with Gasteiger partial charge in [-0.15, -0.1) is 0 Å². The van der Waals surface area contributed by atoms with Crippen molar-refractivity contribution < 1.29 is 32.6 Å². The zero-order chi connectivity index (χ0) is 22.3. The first-order valence-corrected chi connectivity index (χ1v) is 9.98. The van der Waals surface area contributed by atoms with Gasteiger partial charge in [-0.05, 0) is 54.9 Å². The summed E-state index contributed by atoms with van der Waals surface area (Å²) in [5.74, 6) is -0.635. The number of hydrogen-bond acceptors (Lipinski definition) is 4. The van der Waals surface area contributed by atoms with E-state index in [4.69, 9.17) is 9.84 Å². The van der Waals surface area contributed by atoms with Crippen LogP contribution in [0.4, 0.5) is 18.0 Å². The number of carbonyl (C=O) groups is 2. The molecule has 1 amide bonds. The fourth-order valence-corrected chi connectivity index (χ4v) is 4.57. The summed E-state index contributed by atoms with van der Waals surface area (Å²) in [7, 11) is 0. The smallest absolute Gasteiger partial charge is 0.416 e. The molecule has 1 unspecified atom stereocenters. The lowest BCUT2D eigenvalue weighted by molar-refractivity contribution is -0.138. The quantitative estimate of drug-likeness (QED) is 0.787. The maximum atomic E-state index is 12.9. The minimum Gasteiger partial charge on any atom is -0.476 e. The molecule has 7 nitrogen and oxygen atoms in total. The molecule has 1 saturated carbocycles. The lowest BCUT2D eigenvalue weighted by Crippen LogP contribution is -2.34. The second kappa shape index (κ2) is 7.99. The highest BCUT2D eigenvalue weighted by Gasteiger charge is 2.43. The Bertz CT molecular complexity index is 990. The Balaban J connectivity index is 1.29. The lowest BCUT2D eigenvalue weighted by Gasteiger charge is -2.19. The minimum absolute atomic E-state index is 0.00170. The molecular formula is C21H22F3N3O4. The Labute approximate surface area is 176 Å². The molecule has 2 fully saturated rings. The van der Waals surface area contributed by atoms with Crippen LogP contribution in [0.25, 0.3) is 0 Å². The number of nitrogens with zero attached hydrogens (tertiary/aromatic N) is 3. The molecule has 10 heteroatoms. The van der Waals surface area contributed by atoms with E-state index in [1.54, 1.807) is 4.90 Å². The molecule has 1 aromatic carbocycles. The zero-order valence-electron chi connectivity index (χ0n) is 16.8. The molecule has 0 bridgehead atoms. The van der Waals surface area contributed by atoms with Crippen molar-refractivity contribution in [2.24, 2.45) is 11.8 Å². The Morgan fingerprint density at radius 3 is 2.42 bits per heavy atom. The third-order valence-electron chi connectivity index (χ3n) is 6.06. The number of alkyl halides is 3. The van der Waals surface area contributed by atoms with Gasteiger partial charge < -0.3 is 14.7 Å². The summed E-state index contributed by atoms with van der Waals surface area (Å²) in [6.45, 7) is 2.78. The minimum atomic E-state index is -4.36. The number of amides is 1. The highest BCUT2D eigenvalue weighted by Crippen LogP contribution is 2.40. The molecule has 2 aliphatic rings. The van der Waals surface area contributed by atoms with Crippen LogP contribution in [0.1, 0.15) is 40.0 Å². The summed E-state index contributed by atoms with van der Waals surface area (Å²) < 4.78 is 45.7. The average Bonchev–Trinajstić information content (AvgIpc) is 3.39. The number of carbonyl (C=O) groups excluding carboxylic acids is 1. The number of aryl methyl sites for hydroxylation is 1. The van der Waals surface area contributed by atoms with Gasteiger partial charge in [0, 0.05) is 19.3 Å². The van der Waals surface area contributed by atoms with Gasteiger partial charge in [0.25, 0.3) is 0 Å². The van der Waals surface area contributed by atoms with E-state index in [1.807, 2.05) is 0 Å². The summed E-state index contributed by atoms with van der Waals surface area (Å²) in [5.41, 5.74) is 0.0618. The number of fused-ring (bicyclic) bond motifs is 1. The second-order valence-corrected chi connectivity index (χ2v) is 8.21. The van der Waals surface area contributed by atoms with E-state index in [0.717, 1.165) is 23.6 Å². The van der Waals surface area contributed by atoms with E-state index in [-0.39, 0.29) is 41.8 Å². The van der Waals surface area contributed by atoms with Crippen LogP contribution in [0, 0.1) is 18.8 Å². The van der Waals surface area contributed by atoms with Crippen molar-refractivity contribution in [1.82, 2.24) is 14.7 Å². The SMILES string of the molecule is Cc1cc(CO[C@@H]2CC3CN(C(=O)n4ccc(C(=O)O)n4)C[C@H]3C2)ccc1C(F)(F)F. The van der Waals surface area contributed by atoms with Gasteiger partial charge in [0.1, 0.15) is 0 Å². The first-order valence-electron chi connectivity index (χ1n) is 9.98. The van der Waals surface area contributed by atoms with Crippen LogP contribution in [0.3, 0.4) is 0 Å². The largest absolute Gasteiger partial charge is 0.476 e. The summed E-state index contributed by atoms with van der Waals surface area (Å²) in [4.78, 5) is 25.2. The Morgan fingerprint density at radius 2 is 1.87 bits per heavy atom. The van der Waals surface area contributed by atoms with Crippen molar-refractivity contribution in [3.63, 3.8) is 0 Å². The molecule has 166 valence electrons. The van der Waals surface area contributed by atoms with Crippen molar-refractivity contribution in [3.8, 4) is 0 Å². The van der Waals surface area contributed by atoms with Gasteiger partial charge >= 0.3 is 18.2 Å². The summed E-state index contributed by atoms with van der Waals surface area (Å²) in [5, 5.41) is 12.7. The van der Waals surface area contributed by atoms with Gasteiger partial charge in [-0.25, -0.2) is 9.59 Å².